The highest BCUT2D eigenvalue weighted by molar-refractivity contribution is 6.35. The molecule has 0 bridgehead atoms. The van der Waals surface area contributed by atoms with Crippen LogP contribution < -0.4 is 20.2 Å². The molecule has 0 spiro atoms. The highest BCUT2D eigenvalue weighted by Crippen LogP contribution is 2.28. The Labute approximate surface area is 192 Å². The van der Waals surface area contributed by atoms with Crippen LogP contribution >= 0.6 is 11.6 Å². The van der Waals surface area contributed by atoms with E-state index < -0.39 is 11.8 Å². The number of carbonyl (C=O) groups excluding carboxylic acids is 2. The summed E-state index contributed by atoms with van der Waals surface area (Å²) in [6.45, 7) is 5.08. The number of rotatable bonds is 11. The lowest BCUT2D eigenvalue weighted by molar-refractivity contribution is -0.139. The van der Waals surface area contributed by atoms with Crippen LogP contribution in [-0.4, -0.2) is 44.4 Å². The standard InChI is InChI=1S/C23H28ClN3O5/c1-16(2)31-12-4-11-25-22(28)23(29)27-26-14-18-7-10-20(21(13-18)30-3)32-15-17-5-8-19(24)9-6-17/h5-10,13-14,16H,4,11-12,15H2,1-3H3,(H,25,28)(H,27,29)/b26-14-. The third-order valence-corrected chi connectivity index (χ3v) is 4.39. The first-order valence-corrected chi connectivity index (χ1v) is 10.5. The van der Waals surface area contributed by atoms with Crippen molar-refractivity contribution in [3.63, 3.8) is 0 Å². The predicted octanol–water partition coefficient (Wildman–Crippen LogP) is 3.31. The number of carbonyl (C=O) groups is 2. The van der Waals surface area contributed by atoms with Gasteiger partial charge in [-0.25, -0.2) is 5.43 Å². The van der Waals surface area contributed by atoms with E-state index in [1.54, 1.807) is 30.3 Å². The Kier molecular flexibility index (Phi) is 10.5. The first kappa shape index (κ1) is 25.2. The average molecular weight is 462 g/mol. The number of amides is 2. The topological polar surface area (TPSA) is 98.2 Å². The molecule has 9 heteroatoms. The van der Waals surface area contributed by atoms with E-state index in [0.717, 1.165) is 5.56 Å². The van der Waals surface area contributed by atoms with E-state index in [0.29, 0.717) is 48.3 Å². The highest BCUT2D eigenvalue weighted by atomic mass is 35.5. The lowest BCUT2D eigenvalue weighted by atomic mass is 10.2. The lowest BCUT2D eigenvalue weighted by Gasteiger charge is -2.11. The summed E-state index contributed by atoms with van der Waals surface area (Å²) in [5, 5.41) is 6.99. The van der Waals surface area contributed by atoms with E-state index in [-0.39, 0.29) is 6.10 Å². The van der Waals surface area contributed by atoms with E-state index in [2.05, 4.69) is 15.8 Å². The Bertz CT molecular complexity index is 916. The van der Waals surface area contributed by atoms with Crippen molar-refractivity contribution in [2.24, 2.45) is 5.10 Å². The summed E-state index contributed by atoms with van der Waals surface area (Å²) in [7, 11) is 1.53. The molecule has 0 saturated carbocycles. The van der Waals surface area contributed by atoms with Gasteiger partial charge in [-0.2, -0.15) is 5.10 Å². The van der Waals surface area contributed by atoms with E-state index in [4.69, 9.17) is 25.8 Å². The van der Waals surface area contributed by atoms with Crippen molar-refractivity contribution in [2.45, 2.75) is 33.0 Å². The Hall–Kier alpha value is -3.10. The first-order valence-electron chi connectivity index (χ1n) is 10.2. The van der Waals surface area contributed by atoms with E-state index in [1.807, 2.05) is 26.0 Å². The Morgan fingerprint density at radius 2 is 1.84 bits per heavy atom. The average Bonchev–Trinajstić information content (AvgIpc) is 2.78. The molecule has 8 nitrogen and oxygen atoms in total. The zero-order chi connectivity index (χ0) is 23.3. The van der Waals surface area contributed by atoms with Gasteiger partial charge in [-0.3, -0.25) is 9.59 Å². The van der Waals surface area contributed by atoms with E-state index in [1.165, 1.54) is 13.3 Å². The summed E-state index contributed by atoms with van der Waals surface area (Å²) in [6, 6.07) is 12.6. The number of nitrogens with zero attached hydrogens (tertiary/aromatic N) is 1. The molecule has 2 N–H and O–H groups in total. The summed E-state index contributed by atoms with van der Waals surface area (Å²) >= 11 is 5.89. The largest absolute Gasteiger partial charge is 0.493 e. The lowest BCUT2D eigenvalue weighted by Crippen LogP contribution is -2.38. The van der Waals surface area contributed by atoms with Crippen LogP contribution in [0.4, 0.5) is 0 Å². The molecule has 0 heterocycles. The van der Waals surface area contributed by atoms with Gasteiger partial charge in [0.15, 0.2) is 11.5 Å². The van der Waals surface area contributed by atoms with Crippen LogP contribution in [0.5, 0.6) is 11.5 Å². The van der Waals surface area contributed by atoms with Crippen LogP contribution in [-0.2, 0) is 20.9 Å². The minimum absolute atomic E-state index is 0.131. The molecule has 2 aromatic rings. The van der Waals surface area contributed by atoms with Gasteiger partial charge in [-0.1, -0.05) is 23.7 Å². The SMILES string of the molecule is COc1cc(/C=N\NC(=O)C(=O)NCCCOC(C)C)ccc1OCc1ccc(Cl)cc1. The number of methoxy groups -OCH3 is 1. The maximum Gasteiger partial charge on any atom is 0.329 e. The van der Waals surface area contributed by atoms with Gasteiger partial charge in [0.05, 0.1) is 19.4 Å². The molecule has 2 aromatic carbocycles. The molecule has 0 aliphatic heterocycles. The Balaban J connectivity index is 1.82. The number of nitrogens with one attached hydrogen (secondary N) is 2. The van der Waals surface area contributed by atoms with Crippen molar-refractivity contribution in [1.82, 2.24) is 10.7 Å². The predicted molar refractivity (Wildman–Crippen MR) is 123 cm³/mol. The summed E-state index contributed by atoms with van der Waals surface area (Å²) in [5.41, 5.74) is 3.83. The zero-order valence-electron chi connectivity index (χ0n) is 18.4. The molecule has 0 fully saturated rings. The highest BCUT2D eigenvalue weighted by Gasteiger charge is 2.11. The van der Waals surface area contributed by atoms with Gasteiger partial charge in [0.1, 0.15) is 6.61 Å². The summed E-state index contributed by atoms with van der Waals surface area (Å²) < 4.78 is 16.5. The molecular formula is C23H28ClN3O5. The van der Waals surface area contributed by atoms with Crippen LogP contribution in [0.3, 0.4) is 0 Å². The second-order valence-corrected chi connectivity index (χ2v) is 7.49. The minimum Gasteiger partial charge on any atom is -0.493 e. The molecule has 0 aliphatic carbocycles. The van der Waals surface area contributed by atoms with Gasteiger partial charge >= 0.3 is 11.8 Å². The molecule has 0 radical (unpaired) electrons. The maximum absolute atomic E-state index is 11.8. The molecule has 0 aliphatic rings. The van der Waals surface area contributed by atoms with Crippen LogP contribution in [0.2, 0.25) is 5.02 Å². The molecule has 2 amide bonds. The quantitative estimate of drug-likeness (QED) is 0.231. The minimum atomic E-state index is -0.846. The zero-order valence-corrected chi connectivity index (χ0v) is 19.1. The summed E-state index contributed by atoms with van der Waals surface area (Å²) in [5.74, 6) is -0.531. The number of hydrazone groups is 1. The Morgan fingerprint density at radius 1 is 1.09 bits per heavy atom. The van der Waals surface area contributed by atoms with Crippen molar-refractivity contribution in [3.8, 4) is 11.5 Å². The molecule has 0 unspecified atom stereocenters. The molecular weight excluding hydrogens is 434 g/mol. The monoisotopic (exact) mass is 461 g/mol. The van der Waals surface area contributed by atoms with Crippen molar-refractivity contribution < 1.29 is 23.8 Å². The van der Waals surface area contributed by atoms with Gasteiger partial charge in [-0.15, -0.1) is 0 Å². The number of hydrogen-bond acceptors (Lipinski definition) is 6. The number of benzene rings is 2. The molecule has 32 heavy (non-hydrogen) atoms. The second kappa shape index (κ2) is 13.3. The van der Waals surface area contributed by atoms with Gasteiger partial charge in [0, 0.05) is 18.2 Å². The fraction of sp³-hybridized carbons (Fsp3) is 0.348. The van der Waals surface area contributed by atoms with Crippen LogP contribution in [0.25, 0.3) is 0 Å². The maximum atomic E-state index is 11.8. The van der Waals surface area contributed by atoms with Crippen molar-refractivity contribution >= 4 is 29.6 Å². The number of halogens is 1. The Morgan fingerprint density at radius 3 is 2.53 bits per heavy atom. The second-order valence-electron chi connectivity index (χ2n) is 7.05. The van der Waals surface area contributed by atoms with E-state index >= 15 is 0 Å². The fourth-order valence-electron chi connectivity index (χ4n) is 2.52. The third kappa shape index (κ3) is 8.95. The first-order chi connectivity index (χ1) is 15.4. The molecule has 172 valence electrons. The fourth-order valence-corrected chi connectivity index (χ4v) is 2.64. The van der Waals surface area contributed by atoms with Crippen LogP contribution in [0.1, 0.15) is 31.4 Å². The smallest absolute Gasteiger partial charge is 0.329 e. The van der Waals surface area contributed by atoms with Gasteiger partial charge in [-0.05, 0) is 61.7 Å². The van der Waals surface area contributed by atoms with Gasteiger partial charge in [0.25, 0.3) is 0 Å². The number of ether oxygens (including phenoxy) is 3. The van der Waals surface area contributed by atoms with Crippen molar-refractivity contribution in [2.75, 3.05) is 20.3 Å². The third-order valence-electron chi connectivity index (χ3n) is 4.14. The summed E-state index contributed by atoms with van der Waals surface area (Å²) in [4.78, 5) is 23.6. The molecule has 0 saturated heterocycles. The number of hydrogen-bond donors (Lipinski definition) is 2. The normalized spacial score (nSPS) is 10.9. The van der Waals surface area contributed by atoms with Gasteiger partial charge in [0.2, 0.25) is 0 Å². The van der Waals surface area contributed by atoms with Crippen molar-refractivity contribution in [1.29, 1.82) is 0 Å². The molecule has 0 atom stereocenters. The molecule has 0 aromatic heterocycles. The van der Waals surface area contributed by atoms with Crippen molar-refractivity contribution in [3.05, 3.63) is 58.6 Å². The van der Waals surface area contributed by atoms with Crippen LogP contribution in [0.15, 0.2) is 47.6 Å². The van der Waals surface area contributed by atoms with E-state index in [9.17, 15) is 9.59 Å². The molecule has 2 rings (SSSR count). The summed E-state index contributed by atoms with van der Waals surface area (Å²) in [6.07, 6.45) is 2.16. The van der Waals surface area contributed by atoms with Gasteiger partial charge < -0.3 is 19.5 Å². The van der Waals surface area contributed by atoms with Crippen LogP contribution in [0, 0.1) is 0 Å².